The summed E-state index contributed by atoms with van der Waals surface area (Å²) >= 11 is 0. The molecular formula is C27H34N4O. The van der Waals surface area contributed by atoms with Crippen molar-refractivity contribution in [3.8, 4) is 0 Å². The van der Waals surface area contributed by atoms with Crippen LogP contribution in [-0.2, 0) is 12.8 Å². The third kappa shape index (κ3) is 6.33. The molecule has 0 saturated carbocycles. The van der Waals surface area contributed by atoms with Crippen LogP contribution in [-0.4, -0.2) is 23.8 Å². The van der Waals surface area contributed by atoms with E-state index in [-0.39, 0.29) is 12.1 Å². The normalized spacial score (nSPS) is 11.1. The minimum Gasteiger partial charge on any atom is -0.465 e. The van der Waals surface area contributed by atoms with Crippen molar-refractivity contribution in [1.29, 1.82) is 10.8 Å². The molecule has 0 amide bonds. The molecule has 5 heteroatoms. The van der Waals surface area contributed by atoms with Crippen LogP contribution < -0.4 is 10.6 Å². The van der Waals surface area contributed by atoms with Gasteiger partial charge in [-0.15, -0.1) is 0 Å². The average Bonchev–Trinajstić information content (AvgIpc) is 3.06. The smallest absolute Gasteiger partial charge is 0.125 e. The SMILES string of the molecule is Cc1cc(Cc2ccc(C(=N)NC(C)C)cc2)oc1Cc1ccc(C(=N)NC(C)C)cc1. The number of hydrogen-bond donors (Lipinski definition) is 4. The molecule has 0 unspecified atom stereocenters. The predicted molar refractivity (Wildman–Crippen MR) is 132 cm³/mol. The van der Waals surface area contributed by atoms with Gasteiger partial charge in [-0.2, -0.15) is 0 Å². The molecule has 0 fully saturated rings. The standard InChI is InChI=1S/C27H34N4O/c1-17(2)30-26(28)22-10-6-20(7-11-22)15-24-14-19(5)25(32-24)16-21-8-12-23(13-9-21)27(29)31-18(3)4/h6-14,17-18H,15-16H2,1-5H3,(H2,28,30)(H2,29,31). The number of nitrogens with one attached hydrogen (secondary N) is 4. The van der Waals surface area contributed by atoms with Gasteiger partial charge in [-0.3, -0.25) is 10.8 Å². The van der Waals surface area contributed by atoms with Crippen LogP contribution in [0.3, 0.4) is 0 Å². The van der Waals surface area contributed by atoms with E-state index in [4.69, 9.17) is 15.2 Å². The average molecular weight is 431 g/mol. The van der Waals surface area contributed by atoms with Crippen LogP contribution in [0.4, 0.5) is 0 Å². The number of rotatable bonds is 8. The van der Waals surface area contributed by atoms with Crippen molar-refractivity contribution in [2.75, 3.05) is 0 Å². The van der Waals surface area contributed by atoms with Gasteiger partial charge in [0.25, 0.3) is 0 Å². The molecule has 0 aliphatic heterocycles. The third-order valence-corrected chi connectivity index (χ3v) is 5.17. The summed E-state index contributed by atoms with van der Waals surface area (Å²) < 4.78 is 6.17. The van der Waals surface area contributed by atoms with Crippen LogP contribution in [0.15, 0.2) is 59.0 Å². The molecule has 5 nitrogen and oxygen atoms in total. The van der Waals surface area contributed by atoms with Gasteiger partial charge in [0, 0.05) is 36.1 Å². The summed E-state index contributed by atoms with van der Waals surface area (Å²) in [5.74, 6) is 2.82. The fraction of sp³-hybridized carbons (Fsp3) is 0.333. The van der Waals surface area contributed by atoms with Crippen molar-refractivity contribution < 1.29 is 4.42 Å². The molecule has 168 valence electrons. The highest BCUT2D eigenvalue weighted by molar-refractivity contribution is 5.97. The van der Waals surface area contributed by atoms with Crippen molar-refractivity contribution in [2.45, 2.75) is 59.5 Å². The number of aryl methyl sites for hydroxylation is 1. The molecular weight excluding hydrogens is 396 g/mol. The number of furan rings is 1. The maximum Gasteiger partial charge on any atom is 0.125 e. The lowest BCUT2D eigenvalue weighted by atomic mass is 10.0. The van der Waals surface area contributed by atoms with Gasteiger partial charge in [-0.1, -0.05) is 48.5 Å². The Morgan fingerprint density at radius 3 is 1.62 bits per heavy atom. The maximum absolute atomic E-state index is 8.12. The predicted octanol–water partition coefficient (Wildman–Crippen LogP) is 5.42. The highest BCUT2D eigenvalue weighted by Crippen LogP contribution is 2.21. The lowest BCUT2D eigenvalue weighted by molar-refractivity contribution is 0.480. The number of hydrogen-bond acceptors (Lipinski definition) is 3. The van der Waals surface area contributed by atoms with Crippen molar-refractivity contribution in [3.63, 3.8) is 0 Å². The lowest BCUT2D eigenvalue weighted by Gasteiger charge is -2.11. The van der Waals surface area contributed by atoms with Crippen LogP contribution in [0, 0.1) is 17.7 Å². The van der Waals surface area contributed by atoms with Crippen molar-refractivity contribution >= 4 is 11.7 Å². The monoisotopic (exact) mass is 430 g/mol. The first-order valence-electron chi connectivity index (χ1n) is 11.2. The second-order valence-corrected chi connectivity index (χ2v) is 8.91. The zero-order valence-electron chi connectivity index (χ0n) is 19.7. The zero-order chi connectivity index (χ0) is 23.3. The van der Waals surface area contributed by atoms with Crippen LogP contribution in [0.5, 0.6) is 0 Å². The summed E-state index contributed by atoms with van der Waals surface area (Å²) in [6, 6.07) is 18.8. The highest BCUT2D eigenvalue weighted by Gasteiger charge is 2.11. The maximum atomic E-state index is 8.12. The molecule has 0 aliphatic carbocycles. The van der Waals surface area contributed by atoms with Crippen molar-refractivity contribution in [2.24, 2.45) is 0 Å². The zero-order valence-corrected chi connectivity index (χ0v) is 19.7. The number of benzene rings is 2. The second-order valence-electron chi connectivity index (χ2n) is 8.91. The van der Waals surface area contributed by atoms with Crippen LogP contribution in [0.1, 0.15) is 67.0 Å². The molecule has 3 rings (SSSR count). The molecule has 3 aromatic rings. The lowest BCUT2D eigenvalue weighted by Crippen LogP contribution is -2.30. The van der Waals surface area contributed by atoms with Gasteiger partial charge in [0.05, 0.1) is 0 Å². The van der Waals surface area contributed by atoms with Gasteiger partial charge in [0.1, 0.15) is 23.2 Å². The van der Waals surface area contributed by atoms with E-state index in [1.165, 1.54) is 0 Å². The Morgan fingerprint density at radius 1 is 0.750 bits per heavy atom. The molecule has 0 bridgehead atoms. The van der Waals surface area contributed by atoms with Gasteiger partial charge in [0.15, 0.2) is 0 Å². The minimum atomic E-state index is 0.242. The van der Waals surface area contributed by atoms with E-state index in [0.29, 0.717) is 11.7 Å². The van der Waals surface area contributed by atoms with E-state index in [9.17, 15) is 0 Å². The molecule has 0 radical (unpaired) electrons. The summed E-state index contributed by atoms with van der Waals surface area (Å²) in [6.45, 7) is 10.2. The second kappa shape index (κ2) is 10.3. The van der Waals surface area contributed by atoms with Gasteiger partial charge in [-0.25, -0.2) is 0 Å². The highest BCUT2D eigenvalue weighted by atomic mass is 16.3. The van der Waals surface area contributed by atoms with Gasteiger partial charge < -0.3 is 15.1 Å². The molecule has 1 heterocycles. The molecule has 4 N–H and O–H groups in total. The summed E-state index contributed by atoms with van der Waals surface area (Å²) in [5.41, 5.74) is 5.25. The fourth-order valence-corrected chi connectivity index (χ4v) is 3.56. The molecule has 0 aliphatic rings. The molecule has 1 aromatic heterocycles. The third-order valence-electron chi connectivity index (χ3n) is 5.17. The Morgan fingerprint density at radius 2 is 1.19 bits per heavy atom. The molecule has 0 spiro atoms. The van der Waals surface area contributed by atoms with Gasteiger partial charge in [0.2, 0.25) is 0 Å². The molecule has 0 atom stereocenters. The van der Waals surface area contributed by atoms with E-state index < -0.39 is 0 Å². The minimum absolute atomic E-state index is 0.242. The quantitative estimate of drug-likeness (QED) is 0.284. The van der Waals surface area contributed by atoms with E-state index >= 15 is 0 Å². The Bertz CT molecular complexity index is 1060. The Hall–Kier alpha value is -3.34. The van der Waals surface area contributed by atoms with Crippen LogP contribution >= 0.6 is 0 Å². The van der Waals surface area contributed by atoms with Gasteiger partial charge in [-0.05, 0) is 57.4 Å². The van der Waals surface area contributed by atoms with Crippen molar-refractivity contribution in [1.82, 2.24) is 10.6 Å². The Kier molecular flexibility index (Phi) is 7.52. The first kappa shape index (κ1) is 23.3. The Labute approximate surface area is 191 Å². The fourth-order valence-electron chi connectivity index (χ4n) is 3.56. The van der Waals surface area contributed by atoms with E-state index in [1.807, 2.05) is 52.0 Å². The summed E-state index contributed by atoms with van der Waals surface area (Å²) in [5, 5.41) is 22.5. The molecule has 32 heavy (non-hydrogen) atoms. The Balaban J connectivity index is 1.64. The van der Waals surface area contributed by atoms with E-state index in [1.54, 1.807) is 0 Å². The molecule has 2 aromatic carbocycles. The van der Waals surface area contributed by atoms with E-state index in [0.717, 1.165) is 52.2 Å². The van der Waals surface area contributed by atoms with Gasteiger partial charge >= 0.3 is 0 Å². The first-order chi connectivity index (χ1) is 15.2. The summed E-state index contributed by atoms with van der Waals surface area (Å²) in [4.78, 5) is 0. The van der Waals surface area contributed by atoms with Crippen LogP contribution in [0.2, 0.25) is 0 Å². The van der Waals surface area contributed by atoms with Crippen molar-refractivity contribution in [3.05, 3.63) is 93.9 Å². The van der Waals surface area contributed by atoms with Crippen LogP contribution in [0.25, 0.3) is 0 Å². The molecule has 0 saturated heterocycles. The summed E-state index contributed by atoms with van der Waals surface area (Å²) in [6.07, 6.45) is 1.46. The topological polar surface area (TPSA) is 84.9 Å². The van der Waals surface area contributed by atoms with E-state index in [2.05, 4.69) is 47.9 Å². The number of amidine groups is 2. The first-order valence-corrected chi connectivity index (χ1v) is 11.2. The largest absolute Gasteiger partial charge is 0.465 e. The summed E-state index contributed by atoms with van der Waals surface area (Å²) in [7, 11) is 0.